The van der Waals surface area contributed by atoms with Gasteiger partial charge < -0.3 is 5.32 Å². The van der Waals surface area contributed by atoms with E-state index < -0.39 is 5.82 Å². The van der Waals surface area contributed by atoms with Crippen molar-refractivity contribution in [1.82, 2.24) is 14.9 Å². The van der Waals surface area contributed by atoms with Gasteiger partial charge in [-0.15, -0.1) is 0 Å². The number of nitrogens with zero attached hydrogens (tertiary/aromatic N) is 3. The Bertz CT molecular complexity index is 1170. The number of aliphatic imine (C=N–C) groups is 1. The van der Waals surface area contributed by atoms with E-state index in [0.29, 0.717) is 23.1 Å². The lowest BCUT2D eigenvalue weighted by Gasteiger charge is -2.34. The number of amides is 1. The fourth-order valence-corrected chi connectivity index (χ4v) is 4.04. The number of rotatable bonds is 4. The molecular weight excluding hydrogens is 385 g/mol. The molecule has 154 valence electrons. The zero-order valence-corrected chi connectivity index (χ0v) is 16.7. The van der Waals surface area contributed by atoms with Crippen molar-refractivity contribution in [1.29, 1.82) is 0 Å². The van der Waals surface area contributed by atoms with Crippen LogP contribution < -0.4 is 10.8 Å². The van der Waals surface area contributed by atoms with E-state index >= 15 is 0 Å². The van der Waals surface area contributed by atoms with E-state index in [0.717, 1.165) is 29.9 Å². The summed E-state index contributed by atoms with van der Waals surface area (Å²) in [6, 6.07) is 8.56. The van der Waals surface area contributed by atoms with Crippen LogP contribution in [0.25, 0.3) is 5.65 Å². The molecule has 2 aromatic heterocycles. The number of carbonyl (C=O) groups excluding carboxylic acids is 1. The molecular formula is C22H22FN5O2. The minimum Gasteiger partial charge on any atom is -0.320 e. The van der Waals surface area contributed by atoms with E-state index in [1.54, 1.807) is 0 Å². The Morgan fingerprint density at radius 2 is 2.13 bits per heavy atom. The van der Waals surface area contributed by atoms with Crippen LogP contribution in [0.2, 0.25) is 0 Å². The number of carbonyl (C=O) groups is 1. The van der Waals surface area contributed by atoms with Gasteiger partial charge >= 0.3 is 0 Å². The number of hydrogen-bond acceptors (Lipinski definition) is 5. The topological polar surface area (TPSA) is 80.0 Å². The highest BCUT2D eigenvalue weighted by atomic mass is 19.1. The number of fused-ring (bicyclic) bond motifs is 1. The molecule has 7 nitrogen and oxygen atoms in total. The molecule has 0 bridgehead atoms. The molecule has 2 aliphatic rings. The van der Waals surface area contributed by atoms with Gasteiger partial charge in [0, 0.05) is 23.4 Å². The molecule has 1 aromatic carbocycles. The molecule has 2 N–H and O–H groups in total. The second kappa shape index (κ2) is 7.21. The summed E-state index contributed by atoms with van der Waals surface area (Å²) in [5.74, 6) is 1.03. The van der Waals surface area contributed by atoms with E-state index in [1.165, 1.54) is 28.9 Å². The molecule has 1 fully saturated rings. The van der Waals surface area contributed by atoms with Crippen molar-refractivity contribution >= 4 is 23.1 Å². The molecule has 0 spiro atoms. The van der Waals surface area contributed by atoms with E-state index in [1.807, 2.05) is 25.1 Å². The maximum atomic E-state index is 13.6. The summed E-state index contributed by atoms with van der Waals surface area (Å²) >= 11 is 0. The Labute approximate surface area is 172 Å². The number of anilines is 1. The Morgan fingerprint density at radius 3 is 2.93 bits per heavy atom. The van der Waals surface area contributed by atoms with Crippen molar-refractivity contribution in [2.24, 2.45) is 16.8 Å². The molecule has 1 aliphatic heterocycles. The summed E-state index contributed by atoms with van der Waals surface area (Å²) < 4.78 is 15.0. The van der Waals surface area contributed by atoms with Crippen LogP contribution in [0.3, 0.4) is 0 Å². The minimum atomic E-state index is -0.437. The Kier molecular flexibility index (Phi) is 4.51. The first-order valence-electron chi connectivity index (χ1n) is 10.0. The van der Waals surface area contributed by atoms with Gasteiger partial charge in [0.05, 0.1) is 6.20 Å². The molecule has 1 amide bonds. The summed E-state index contributed by atoms with van der Waals surface area (Å²) in [6.07, 6.45) is 4.76. The van der Waals surface area contributed by atoms with Crippen LogP contribution in [0.4, 0.5) is 10.1 Å². The monoisotopic (exact) mass is 407 g/mol. The molecule has 5 rings (SSSR count). The second-order valence-electron chi connectivity index (χ2n) is 8.13. The van der Waals surface area contributed by atoms with Crippen molar-refractivity contribution in [3.05, 3.63) is 65.4 Å². The van der Waals surface area contributed by atoms with Crippen LogP contribution in [-0.2, 0) is 4.84 Å². The van der Waals surface area contributed by atoms with E-state index in [9.17, 15) is 9.18 Å². The molecule has 1 atom stereocenters. The number of hydroxylamine groups is 1. The standard InChI is InChI=1S/C22H22FN5O2/c1-12-7-15(8-12)22-26-20(27-30-22)14-4-3-13(2)17(9-14)25-21(29)18-10-24-19-6-5-16(23)11-28(18)19/h3-6,9-12,15,22H,7-8H2,1-2H3,(H,25,29)(H,26,27). The van der Waals surface area contributed by atoms with Gasteiger partial charge in [-0.25, -0.2) is 24.7 Å². The maximum Gasteiger partial charge on any atom is 0.274 e. The lowest BCUT2D eigenvalue weighted by atomic mass is 9.75. The fourth-order valence-electron chi connectivity index (χ4n) is 4.04. The average molecular weight is 407 g/mol. The summed E-state index contributed by atoms with van der Waals surface area (Å²) in [5, 5.41) is 2.90. The largest absolute Gasteiger partial charge is 0.320 e. The van der Waals surface area contributed by atoms with Crippen molar-refractivity contribution in [3.8, 4) is 0 Å². The fraction of sp³-hybridized carbons (Fsp3) is 0.318. The normalized spacial score (nSPS) is 23.0. The number of hydrogen-bond donors (Lipinski definition) is 2. The molecule has 30 heavy (non-hydrogen) atoms. The van der Waals surface area contributed by atoms with Crippen molar-refractivity contribution < 1.29 is 14.0 Å². The van der Waals surface area contributed by atoms with Gasteiger partial charge in [0.25, 0.3) is 5.91 Å². The van der Waals surface area contributed by atoms with Gasteiger partial charge in [-0.05, 0) is 49.4 Å². The van der Waals surface area contributed by atoms with Crippen LogP contribution in [0.1, 0.15) is 41.4 Å². The highest BCUT2D eigenvalue weighted by Crippen LogP contribution is 2.38. The molecule has 1 unspecified atom stereocenters. The number of pyridine rings is 1. The van der Waals surface area contributed by atoms with Gasteiger partial charge in [0.2, 0.25) is 0 Å². The number of nitrogens with one attached hydrogen (secondary N) is 2. The quantitative estimate of drug-likeness (QED) is 0.691. The Balaban J connectivity index is 1.38. The number of aromatic nitrogens is 2. The molecule has 1 aliphatic carbocycles. The summed E-state index contributed by atoms with van der Waals surface area (Å²) in [5.41, 5.74) is 6.06. The van der Waals surface area contributed by atoms with Crippen LogP contribution in [0.5, 0.6) is 0 Å². The number of aryl methyl sites for hydroxylation is 1. The SMILES string of the molecule is Cc1ccc(C2=NC(C3CC(C)C3)ON2)cc1NC(=O)c1cnc2ccc(F)cn12. The average Bonchev–Trinajstić information content (AvgIpc) is 3.34. The lowest BCUT2D eigenvalue weighted by Crippen LogP contribution is -2.32. The predicted molar refractivity (Wildman–Crippen MR) is 111 cm³/mol. The summed E-state index contributed by atoms with van der Waals surface area (Å²) in [4.78, 5) is 27.3. The number of imidazole rings is 1. The molecule has 0 saturated heterocycles. The second-order valence-corrected chi connectivity index (χ2v) is 8.13. The van der Waals surface area contributed by atoms with Gasteiger partial charge in [0.1, 0.15) is 17.2 Å². The predicted octanol–water partition coefficient (Wildman–Crippen LogP) is 3.69. The lowest BCUT2D eigenvalue weighted by molar-refractivity contribution is -0.0367. The molecule has 1 saturated carbocycles. The van der Waals surface area contributed by atoms with Gasteiger partial charge in [-0.3, -0.25) is 9.20 Å². The summed E-state index contributed by atoms with van der Waals surface area (Å²) in [6.45, 7) is 4.14. The van der Waals surface area contributed by atoms with Gasteiger partial charge in [-0.2, -0.15) is 0 Å². The van der Waals surface area contributed by atoms with Gasteiger partial charge in [-0.1, -0.05) is 19.1 Å². The highest BCUT2D eigenvalue weighted by Gasteiger charge is 2.36. The minimum absolute atomic E-state index is 0.163. The smallest absolute Gasteiger partial charge is 0.274 e. The molecule has 3 aromatic rings. The third-order valence-corrected chi connectivity index (χ3v) is 5.81. The van der Waals surface area contributed by atoms with Crippen LogP contribution in [0.15, 0.2) is 47.7 Å². The van der Waals surface area contributed by atoms with E-state index in [-0.39, 0.29) is 17.8 Å². The molecule has 3 heterocycles. The van der Waals surface area contributed by atoms with Crippen molar-refractivity contribution in [2.75, 3.05) is 5.32 Å². The first-order valence-corrected chi connectivity index (χ1v) is 10.0. The van der Waals surface area contributed by atoms with E-state index in [4.69, 9.17) is 4.84 Å². The Morgan fingerprint density at radius 1 is 1.30 bits per heavy atom. The zero-order chi connectivity index (χ0) is 20.8. The highest BCUT2D eigenvalue weighted by molar-refractivity contribution is 6.05. The zero-order valence-electron chi connectivity index (χ0n) is 16.7. The summed E-state index contributed by atoms with van der Waals surface area (Å²) in [7, 11) is 0. The van der Waals surface area contributed by atoms with Crippen molar-refractivity contribution in [2.45, 2.75) is 32.9 Å². The van der Waals surface area contributed by atoms with Crippen LogP contribution >= 0.6 is 0 Å². The van der Waals surface area contributed by atoms with Crippen LogP contribution in [0, 0.1) is 24.6 Å². The number of halogens is 1. The molecule has 0 radical (unpaired) electrons. The first kappa shape index (κ1) is 18.7. The molecule has 8 heteroatoms. The van der Waals surface area contributed by atoms with Crippen molar-refractivity contribution in [3.63, 3.8) is 0 Å². The maximum absolute atomic E-state index is 13.6. The Hall–Kier alpha value is -3.26. The van der Waals surface area contributed by atoms with E-state index in [2.05, 4.69) is 27.7 Å². The third kappa shape index (κ3) is 3.33. The number of amidine groups is 1. The third-order valence-electron chi connectivity index (χ3n) is 5.81. The van der Waals surface area contributed by atoms with Gasteiger partial charge in [0.15, 0.2) is 12.1 Å². The first-order chi connectivity index (χ1) is 14.5. The van der Waals surface area contributed by atoms with Crippen LogP contribution in [-0.4, -0.2) is 27.4 Å². The number of benzene rings is 1.